The van der Waals surface area contributed by atoms with Gasteiger partial charge in [0.15, 0.2) is 0 Å². The van der Waals surface area contributed by atoms with E-state index in [2.05, 4.69) is 52.6 Å². The van der Waals surface area contributed by atoms with Gasteiger partial charge in [0, 0.05) is 35.5 Å². The van der Waals surface area contributed by atoms with Gasteiger partial charge < -0.3 is 35.3 Å². The Labute approximate surface area is 275 Å². The standard InChI is InChI=1S/C39H43N3O5/c1-42-20-18-39(19-21-42,29-9-3-2-4-10-29)33-24-27(12-15-34(33)43)8-6-22-47-30-11-5-7-28(23-30)25-40-26-36(45)31-13-16-35(44)38-32(31)14-17-37(46)41-38/h2-5,7,9-17,23-24,36,40,43-45H,6,8,18-22,25-26H2,1H3,(H,41,46)/t36-/m0/s1. The highest BCUT2D eigenvalue weighted by atomic mass is 16.5. The van der Waals surface area contributed by atoms with Crippen molar-refractivity contribution in [2.45, 2.75) is 43.7 Å². The summed E-state index contributed by atoms with van der Waals surface area (Å²) < 4.78 is 6.12. The van der Waals surface area contributed by atoms with Gasteiger partial charge in [-0.1, -0.05) is 60.7 Å². The number of fused-ring (bicyclic) bond motifs is 1. The molecule has 1 atom stereocenters. The Bertz CT molecular complexity index is 1860. The summed E-state index contributed by atoms with van der Waals surface area (Å²) in [7, 11) is 2.16. The molecule has 1 saturated heterocycles. The minimum Gasteiger partial charge on any atom is -0.508 e. The number of likely N-dealkylation sites (tertiary alicyclic amines) is 1. The van der Waals surface area contributed by atoms with Crippen molar-refractivity contribution in [2.75, 3.05) is 33.3 Å². The monoisotopic (exact) mass is 633 g/mol. The molecular weight excluding hydrogens is 590 g/mol. The molecule has 47 heavy (non-hydrogen) atoms. The predicted octanol–water partition coefficient (Wildman–Crippen LogP) is 5.79. The maximum atomic E-state index is 11.7. The van der Waals surface area contributed by atoms with E-state index in [0.717, 1.165) is 55.6 Å². The van der Waals surface area contributed by atoms with E-state index in [-0.39, 0.29) is 16.7 Å². The van der Waals surface area contributed by atoms with Crippen LogP contribution in [0.1, 0.15) is 53.2 Å². The maximum Gasteiger partial charge on any atom is 0.248 e. The number of aryl methyl sites for hydroxylation is 1. The lowest BCUT2D eigenvalue weighted by molar-refractivity contribution is 0.176. The molecule has 0 radical (unpaired) electrons. The van der Waals surface area contributed by atoms with Gasteiger partial charge in [-0.05, 0) is 98.4 Å². The van der Waals surface area contributed by atoms with Crippen LogP contribution in [-0.4, -0.2) is 58.5 Å². The molecule has 0 spiro atoms. The first-order valence-corrected chi connectivity index (χ1v) is 16.3. The van der Waals surface area contributed by atoms with Crippen molar-refractivity contribution in [3.63, 3.8) is 0 Å². The number of aromatic hydroxyl groups is 2. The van der Waals surface area contributed by atoms with E-state index < -0.39 is 6.10 Å². The molecule has 2 heterocycles. The number of pyridine rings is 1. The molecule has 6 rings (SSSR count). The maximum absolute atomic E-state index is 11.7. The Morgan fingerprint density at radius 2 is 1.68 bits per heavy atom. The highest BCUT2D eigenvalue weighted by Gasteiger charge is 2.39. The third-order valence-electron chi connectivity index (χ3n) is 9.45. The van der Waals surface area contributed by atoms with Crippen LogP contribution in [0.15, 0.2) is 102 Å². The van der Waals surface area contributed by atoms with Crippen molar-refractivity contribution >= 4 is 10.9 Å². The number of benzene rings is 4. The van der Waals surface area contributed by atoms with Gasteiger partial charge in [0.2, 0.25) is 5.56 Å². The molecule has 1 aromatic heterocycles. The first-order valence-electron chi connectivity index (χ1n) is 16.3. The number of rotatable bonds is 12. The summed E-state index contributed by atoms with van der Waals surface area (Å²) in [5, 5.41) is 35.9. The minimum atomic E-state index is -0.828. The quantitative estimate of drug-likeness (QED) is 0.111. The molecular formula is C39H43N3O5. The molecule has 244 valence electrons. The number of phenols is 2. The third-order valence-corrected chi connectivity index (χ3v) is 9.45. The van der Waals surface area contributed by atoms with Crippen LogP contribution in [0.25, 0.3) is 10.9 Å². The molecule has 8 nitrogen and oxygen atoms in total. The largest absolute Gasteiger partial charge is 0.508 e. The number of phenolic OH excluding ortho intramolecular Hbond substituents is 2. The fraction of sp³-hybridized carbons (Fsp3) is 0.308. The minimum absolute atomic E-state index is 0.0321. The summed E-state index contributed by atoms with van der Waals surface area (Å²) in [6.45, 7) is 3.37. The molecule has 0 unspecified atom stereocenters. The van der Waals surface area contributed by atoms with Gasteiger partial charge in [-0.3, -0.25) is 4.79 Å². The van der Waals surface area contributed by atoms with E-state index >= 15 is 0 Å². The van der Waals surface area contributed by atoms with Crippen LogP contribution < -0.4 is 15.6 Å². The topological polar surface area (TPSA) is 118 Å². The number of nitrogens with one attached hydrogen (secondary N) is 2. The van der Waals surface area contributed by atoms with Crippen molar-refractivity contribution in [3.05, 3.63) is 135 Å². The molecule has 0 bridgehead atoms. The van der Waals surface area contributed by atoms with Gasteiger partial charge in [-0.25, -0.2) is 0 Å². The Morgan fingerprint density at radius 1 is 0.894 bits per heavy atom. The summed E-state index contributed by atoms with van der Waals surface area (Å²) in [6.07, 6.45) is 2.79. The summed E-state index contributed by atoms with van der Waals surface area (Å²) in [5.41, 5.74) is 4.94. The van der Waals surface area contributed by atoms with Gasteiger partial charge in [-0.15, -0.1) is 0 Å². The molecule has 4 aromatic carbocycles. The number of piperidine rings is 1. The third kappa shape index (κ3) is 7.36. The lowest BCUT2D eigenvalue weighted by Crippen LogP contribution is -2.41. The summed E-state index contributed by atoms with van der Waals surface area (Å²) in [4.78, 5) is 16.7. The summed E-state index contributed by atoms with van der Waals surface area (Å²) in [6, 6.07) is 30.8. The van der Waals surface area contributed by atoms with Crippen molar-refractivity contribution in [1.29, 1.82) is 0 Å². The number of hydrogen-bond donors (Lipinski definition) is 5. The smallest absolute Gasteiger partial charge is 0.248 e. The lowest BCUT2D eigenvalue weighted by atomic mass is 9.67. The van der Waals surface area contributed by atoms with E-state index in [1.165, 1.54) is 23.3 Å². The number of hydrogen-bond acceptors (Lipinski definition) is 7. The number of aliphatic hydroxyl groups excluding tert-OH is 1. The van der Waals surface area contributed by atoms with Crippen molar-refractivity contribution < 1.29 is 20.1 Å². The molecule has 5 N–H and O–H groups in total. The molecule has 1 aliphatic heterocycles. The van der Waals surface area contributed by atoms with Crippen LogP contribution in [0.2, 0.25) is 0 Å². The zero-order valence-electron chi connectivity index (χ0n) is 26.8. The Morgan fingerprint density at radius 3 is 2.49 bits per heavy atom. The predicted molar refractivity (Wildman–Crippen MR) is 185 cm³/mol. The number of nitrogens with zero attached hydrogens (tertiary/aromatic N) is 1. The zero-order valence-corrected chi connectivity index (χ0v) is 26.8. The Kier molecular flexibility index (Phi) is 9.92. The molecule has 1 fully saturated rings. The normalized spacial score (nSPS) is 15.4. The first-order chi connectivity index (χ1) is 22.8. The zero-order chi connectivity index (χ0) is 32.8. The van der Waals surface area contributed by atoms with Crippen LogP contribution in [0.5, 0.6) is 17.2 Å². The SMILES string of the molecule is CN1CCC(c2ccccc2)(c2cc(CCCOc3cccc(CNC[C@H](O)c4ccc(O)c5[nH]c(=O)ccc45)c3)ccc2O)CC1. The van der Waals surface area contributed by atoms with Gasteiger partial charge in [-0.2, -0.15) is 0 Å². The van der Waals surface area contributed by atoms with Gasteiger partial charge in [0.25, 0.3) is 0 Å². The second-order valence-corrected chi connectivity index (χ2v) is 12.6. The number of H-pyrrole nitrogens is 1. The van der Waals surface area contributed by atoms with Crippen LogP contribution in [0.3, 0.4) is 0 Å². The van der Waals surface area contributed by atoms with Crippen LogP contribution in [0.4, 0.5) is 0 Å². The van der Waals surface area contributed by atoms with Crippen LogP contribution in [0, 0.1) is 0 Å². The van der Waals surface area contributed by atoms with E-state index in [4.69, 9.17) is 4.74 Å². The number of aromatic amines is 1. The molecule has 0 saturated carbocycles. The van der Waals surface area contributed by atoms with E-state index in [9.17, 15) is 20.1 Å². The number of ether oxygens (including phenoxy) is 1. The van der Waals surface area contributed by atoms with Crippen LogP contribution in [-0.2, 0) is 18.4 Å². The Hall–Kier alpha value is -4.63. The average Bonchev–Trinajstić information content (AvgIpc) is 3.09. The summed E-state index contributed by atoms with van der Waals surface area (Å²) in [5.74, 6) is 1.12. The van der Waals surface area contributed by atoms with Gasteiger partial charge in [0.05, 0.1) is 18.2 Å². The van der Waals surface area contributed by atoms with E-state index in [1.54, 1.807) is 12.1 Å². The molecule has 1 aliphatic rings. The summed E-state index contributed by atoms with van der Waals surface area (Å²) >= 11 is 0. The first kappa shape index (κ1) is 32.3. The average molecular weight is 634 g/mol. The molecule has 8 heteroatoms. The second-order valence-electron chi connectivity index (χ2n) is 12.6. The highest BCUT2D eigenvalue weighted by Crippen LogP contribution is 2.45. The van der Waals surface area contributed by atoms with Crippen LogP contribution >= 0.6 is 0 Å². The molecule has 0 amide bonds. The molecule has 0 aliphatic carbocycles. The fourth-order valence-corrected chi connectivity index (χ4v) is 6.82. The van der Waals surface area contributed by atoms with Crippen molar-refractivity contribution in [3.8, 4) is 17.2 Å². The van der Waals surface area contributed by atoms with Gasteiger partial charge >= 0.3 is 0 Å². The number of aromatic nitrogens is 1. The van der Waals surface area contributed by atoms with E-state index in [0.29, 0.717) is 41.9 Å². The van der Waals surface area contributed by atoms with Crippen molar-refractivity contribution in [1.82, 2.24) is 15.2 Å². The van der Waals surface area contributed by atoms with Gasteiger partial charge in [0.1, 0.15) is 17.2 Å². The fourth-order valence-electron chi connectivity index (χ4n) is 6.82. The second kappa shape index (κ2) is 14.4. The molecule has 5 aromatic rings. The van der Waals surface area contributed by atoms with E-state index in [1.807, 2.05) is 42.5 Å². The highest BCUT2D eigenvalue weighted by molar-refractivity contribution is 5.87. The Balaban J connectivity index is 1.03. The number of aliphatic hydroxyl groups is 1. The lowest BCUT2D eigenvalue weighted by Gasteiger charge is -2.42. The van der Waals surface area contributed by atoms with Crippen molar-refractivity contribution in [2.24, 2.45) is 0 Å².